The number of anilines is 2. The number of hydrogen-bond acceptors (Lipinski definition) is 5. The van der Waals surface area contributed by atoms with Gasteiger partial charge in [-0.25, -0.2) is 15.8 Å². The van der Waals surface area contributed by atoms with Gasteiger partial charge in [0.05, 0.1) is 0 Å². The van der Waals surface area contributed by atoms with Gasteiger partial charge in [-0.2, -0.15) is 0 Å². The van der Waals surface area contributed by atoms with Crippen LogP contribution in [0.15, 0.2) is 0 Å². The summed E-state index contributed by atoms with van der Waals surface area (Å²) in [5.41, 5.74) is 3.77. The summed E-state index contributed by atoms with van der Waals surface area (Å²) in [6.07, 6.45) is 3.68. The maximum absolute atomic E-state index is 5.43. The molecular formula is C11H19N5. The van der Waals surface area contributed by atoms with Crippen LogP contribution in [-0.2, 0) is 0 Å². The average Bonchev–Trinajstić information content (AvgIpc) is 2.20. The summed E-state index contributed by atoms with van der Waals surface area (Å²) >= 11 is 0. The van der Waals surface area contributed by atoms with E-state index in [2.05, 4.69) is 27.6 Å². The topological polar surface area (TPSA) is 75.9 Å². The second-order valence-electron chi connectivity index (χ2n) is 4.78. The van der Waals surface area contributed by atoms with Crippen LogP contribution >= 0.6 is 0 Å². The van der Waals surface area contributed by atoms with Crippen molar-refractivity contribution < 1.29 is 0 Å². The summed E-state index contributed by atoms with van der Waals surface area (Å²) in [5.74, 6) is 7.74. The maximum atomic E-state index is 5.43. The van der Waals surface area contributed by atoms with Crippen molar-refractivity contribution in [2.24, 2.45) is 5.84 Å². The Bertz CT molecular complexity index is 398. The zero-order chi connectivity index (χ0) is 11.8. The minimum absolute atomic E-state index is 0.192. The molecule has 0 unspecified atom stereocenters. The van der Waals surface area contributed by atoms with Crippen molar-refractivity contribution in [1.29, 1.82) is 0 Å². The van der Waals surface area contributed by atoms with E-state index in [-0.39, 0.29) is 5.54 Å². The van der Waals surface area contributed by atoms with Gasteiger partial charge in [-0.3, -0.25) is 0 Å². The highest BCUT2D eigenvalue weighted by Gasteiger charge is 2.32. The van der Waals surface area contributed by atoms with Crippen LogP contribution in [0.1, 0.15) is 37.6 Å². The third-order valence-electron chi connectivity index (χ3n) is 3.27. The molecule has 16 heavy (non-hydrogen) atoms. The molecule has 2 rings (SSSR count). The molecule has 1 heterocycles. The predicted molar refractivity (Wildman–Crippen MR) is 65.2 cm³/mol. The first-order chi connectivity index (χ1) is 7.54. The molecule has 0 atom stereocenters. The Morgan fingerprint density at radius 1 is 1.19 bits per heavy atom. The molecule has 4 N–H and O–H groups in total. The van der Waals surface area contributed by atoms with E-state index in [1.165, 1.54) is 19.3 Å². The van der Waals surface area contributed by atoms with Crippen molar-refractivity contribution in [2.75, 3.05) is 10.7 Å². The van der Waals surface area contributed by atoms with Gasteiger partial charge in [0.15, 0.2) is 0 Å². The number of hydrazine groups is 1. The van der Waals surface area contributed by atoms with Gasteiger partial charge in [0.25, 0.3) is 0 Å². The van der Waals surface area contributed by atoms with Gasteiger partial charge >= 0.3 is 0 Å². The zero-order valence-electron chi connectivity index (χ0n) is 10.1. The van der Waals surface area contributed by atoms with Crippen molar-refractivity contribution in [3.05, 3.63) is 11.4 Å². The average molecular weight is 221 g/mol. The molecule has 0 radical (unpaired) electrons. The molecule has 5 nitrogen and oxygen atoms in total. The fraction of sp³-hybridized carbons (Fsp3) is 0.636. The van der Waals surface area contributed by atoms with Crippen molar-refractivity contribution >= 4 is 11.6 Å². The van der Waals surface area contributed by atoms with Crippen LogP contribution in [0.3, 0.4) is 0 Å². The Morgan fingerprint density at radius 3 is 2.31 bits per heavy atom. The van der Waals surface area contributed by atoms with Crippen molar-refractivity contribution in [1.82, 2.24) is 9.97 Å². The number of rotatable bonds is 3. The lowest BCUT2D eigenvalue weighted by Crippen LogP contribution is -2.42. The predicted octanol–water partition coefficient (Wildman–Crippen LogP) is 1.73. The Labute approximate surface area is 95.8 Å². The molecule has 0 spiro atoms. The van der Waals surface area contributed by atoms with Crippen LogP contribution in [-0.4, -0.2) is 15.5 Å². The van der Waals surface area contributed by atoms with Gasteiger partial charge in [0, 0.05) is 11.1 Å². The molecule has 0 aliphatic heterocycles. The van der Waals surface area contributed by atoms with Crippen LogP contribution in [0, 0.1) is 13.8 Å². The lowest BCUT2D eigenvalue weighted by Gasteiger charge is -2.40. The smallest absolute Gasteiger partial charge is 0.148 e. The van der Waals surface area contributed by atoms with E-state index < -0.39 is 0 Å². The first-order valence-corrected chi connectivity index (χ1v) is 5.64. The Kier molecular flexibility index (Phi) is 2.71. The standard InChI is InChI=1S/C11H19N5/c1-7-9(15-11(3)5-4-6-11)13-8(2)14-10(7)16-12/h4-6,12H2,1-3H3,(H2,13,14,15,16). The quantitative estimate of drug-likeness (QED) is 0.535. The third kappa shape index (κ3) is 1.95. The monoisotopic (exact) mass is 221 g/mol. The van der Waals surface area contributed by atoms with Crippen molar-refractivity contribution in [3.63, 3.8) is 0 Å². The van der Waals surface area contributed by atoms with E-state index in [1.54, 1.807) is 0 Å². The molecule has 1 fully saturated rings. The minimum atomic E-state index is 0.192. The van der Waals surface area contributed by atoms with E-state index >= 15 is 0 Å². The van der Waals surface area contributed by atoms with E-state index in [9.17, 15) is 0 Å². The highest BCUT2D eigenvalue weighted by Crippen LogP contribution is 2.35. The first kappa shape index (κ1) is 11.1. The molecule has 0 amide bonds. The van der Waals surface area contributed by atoms with E-state index in [0.29, 0.717) is 5.82 Å². The molecule has 1 aliphatic carbocycles. The van der Waals surface area contributed by atoms with Crippen LogP contribution in [0.25, 0.3) is 0 Å². The number of nitrogen functional groups attached to an aromatic ring is 1. The fourth-order valence-corrected chi connectivity index (χ4v) is 2.01. The van der Waals surface area contributed by atoms with Gasteiger partial charge in [-0.1, -0.05) is 0 Å². The molecule has 0 bridgehead atoms. The normalized spacial score (nSPS) is 17.8. The summed E-state index contributed by atoms with van der Waals surface area (Å²) in [6, 6.07) is 0. The third-order valence-corrected chi connectivity index (χ3v) is 3.27. The van der Waals surface area contributed by atoms with E-state index in [0.717, 1.165) is 17.2 Å². The minimum Gasteiger partial charge on any atom is -0.365 e. The fourth-order valence-electron chi connectivity index (χ4n) is 2.01. The Morgan fingerprint density at radius 2 is 1.81 bits per heavy atom. The molecule has 1 aromatic rings. The second-order valence-corrected chi connectivity index (χ2v) is 4.78. The van der Waals surface area contributed by atoms with Gasteiger partial charge in [0.1, 0.15) is 17.5 Å². The van der Waals surface area contributed by atoms with Crippen LogP contribution < -0.4 is 16.6 Å². The molecule has 88 valence electrons. The summed E-state index contributed by atoms with van der Waals surface area (Å²) in [6.45, 7) is 6.07. The van der Waals surface area contributed by atoms with Crippen molar-refractivity contribution in [2.45, 2.75) is 45.6 Å². The zero-order valence-corrected chi connectivity index (χ0v) is 10.1. The van der Waals surface area contributed by atoms with Crippen LogP contribution in [0.5, 0.6) is 0 Å². The molecule has 1 aromatic heterocycles. The highest BCUT2D eigenvalue weighted by atomic mass is 15.3. The second kappa shape index (κ2) is 3.90. The lowest BCUT2D eigenvalue weighted by molar-refractivity contribution is 0.305. The summed E-state index contributed by atoms with van der Waals surface area (Å²) < 4.78 is 0. The number of nitrogens with zero attached hydrogens (tertiary/aromatic N) is 2. The van der Waals surface area contributed by atoms with E-state index in [4.69, 9.17) is 5.84 Å². The Hall–Kier alpha value is -1.36. The number of nitrogens with one attached hydrogen (secondary N) is 2. The van der Waals surface area contributed by atoms with Gasteiger partial charge < -0.3 is 10.7 Å². The summed E-state index contributed by atoms with van der Waals surface area (Å²) in [5, 5.41) is 3.49. The first-order valence-electron chi connectivity index (χ1n) is 5.64. The van der Waals surface area contributed by atoms with Crippen LogP contribution in [0.4, 0.5) is 11.6 Å². The number of aryl methyl sites for hydroxylation is 1. The highest BCUT2D eigenvalue weighted by molar-refractivity contribution is 5.57. The molecular weight excluding hydrogens is 202 g/mol. The van der Waals surface area contributed by atoms with E-state index in [1.807, 2.05) is 13.8 Å². The molecule has 1 aliphatic rings. The number of nitrogens with two attached hydrogens (primary N) is 1. The van der Waals surface area contributed by atoms with Gasteiger partial charge in [-0.15, -0.1) is 0 Å². The largest absolute Gasteiger partial charge is 0.365 e. The number of aromatic nitrogens is 2. The van der Waals surface area contributed by atoms with Gasteiger partial charge in [-0.05, 0) is 40.0 Å². The molecule has 0 aromatic carbocycles. The van der Waals surface area contributed by atoms with Crippen molar-refractivity contribution in [3.8, 4) is 0 Å². The Balaban J connectivity index is 2.29. The van der Waals surface area contributed by atoms with Gasteiger partial charge in [0.2, 0.25) is 0 Å². The lowest BCUT2D eigenvalue weighted by atomic mass is 9.78. The summed E-state index contributed by atoms with van der Waals surface area (Å²) in [4.78, 5) is 8.67. The molecule has 5 heteroatoms. The number of hydrogen-bond donors (Lipinski definition) is 3. The maximum Gasteiger partial charge on any atom is 0.148 e. The SMILES string of the molecule is Cc1nc(NN)c(C)c(NC2(C)CCC2)n1. The van der Waals surface area contributed by atoms with Crippen LogP contribution in [0.2, 0.25) is 0 Å². The molecule has 0 saturated heterocycles. The molecule has 1 saturated carbocycles. The summed E-state index contributed by atoms with van der Waals surface area (Å²) in [7, 11) is 0.